The molecule has 0 amide bonds. The fourth-order valence-electron chi connectivity index (χ4n) is 5.86. The van der Waals surface area contributed by atoms with Gasteiger partial charge in [0.2, 0.25) is 0 Å². The molecule has 0 atom stereocenters. The van der Waals surface area contributed by atoms with Gasteiger partial charge in [-0.25, -0.2) is 26.2 Å². The zero-order valence-electron chi connectivity index (χ0n) is 26.3. The molecule has 1 N–H and O–H groups in total. The smallest absolute Gasteiger partial charge is 0.194 e. The molecule has 0 saturated heterocycles. The molecule has 47 heavy (non-hydrogen) atoms. The van der Waals surface area contributed by atoms with Gasteiger partial charge in [-0.1, -0.05) is 54.6 Å². The van der Waals surface area contributed by atoms with Crippen LogP contribution in [0.3, 0.4) is 0 Å². The van der Waals surface area contributed by atoms with Gasteiger partial charge < -0.3 is 9.73 Å². The van der Waals surface area contributed by atoms with E-state index < -0.39 is 30.8 Å². The Kier molecular flexibility index (Phi) is 8.50. The van der Waals surface area contributed by atoms with Crippen molar-refractivity contribution in [3.05, 3.63) is 125 Å². The monoisotopic (exact) mass is 668 g/mol. The lowest BCUT2D eigenvalue weighted by atomic mass is 9.93. The van der Waals surface area contributed by atoms with Gasteiger partial charge in [-0.15, -0.1) is 0 Å². The minimum atomic E-state index is -4.49. The number of hydrogen-bond donors (Lipinski definition) is 1. The zero-order chi connectivity index (χ0) is 33.5. The predicted octanol–water partition coefficient (Wildman–Crippen LogP) is 8.49. The summed E-state index contributed by atoms with van der Waals surface area (Å²) in [6.45, 7) is 8.03. The van der Waals surface area contributed by atoms with E-state index in [1.807, 2.05) is 94.4 Å². The minimum Gasteiger partial charge on any atom is -0.456 e. The van der Waals surface area contributed by atoms with Crippen molar-refractivity contribution in [1.29, 1.82) is 0 Å². The number of hydrogen-bond acceptors (Lipinski definition) is 7. The van der Waals surface area contributed by atoms with Crippen LogP contribution in [0.2, 0.25) is 0 Å². The first-order chi connectivity index (χ1) is 22.4. The number of sulfone groups is 2. The summed E-state index contributed by atoms with van der Waals surface area (Å²) in [6, 6.07) is 27.5. The van der Waals surface area contributed by atoms with Gasteiger partial charge in [0, 0.05) is 45.6 Å². The maximum Gasteiger partial charge on any atom is 0.194 e. The number of nitrogens with zero attached hydrogens (tertiary/aromatic N) is 1. The Labute approximate surface area is 273 Å². The summed E-state index contributed by atoms with van der Waals surface area (Å²) in [4.78, 5) is 4.69. The highest BCUT2D eigenvalue weighted by Gasteiger charge is 2.29. The van der Waals surface area contributed by atoms with E-state index in [2.05, 4.69) is 5.32 Å². The first kappa shape index (κ1) is 32.2. The Morgan fingerprint density at radius 3 is 2.06 bits per heavy atom. The van der Waals surface area contributed by atoms with Crippen LogP contribution in [-0.2, 0) is 19.7 Å². The van der Waals surface area contributed by atoms with Gasteiger partial charge >= 0.3 is 0 Å². The molecule has 10 heteroatoms. The summed E-state index contributed by atoms with van der Waals surface area (Å²) < 4.78 is 71.1. The normalized spacial score (nSPS) is 12.6. The van der Waals surface area contributed by atoms with Crippen molar-refractivity contribution < 1.29 is 25.6 Å². The van der Waals surface area contributed by atoms with Gasteiger partial charge in [-0.3, -0.25) is 0 Å². The largest absolute Gasteiger partial charge is 0.456 e. The van der Waals surface area contributed by atoms with E-state index in [0.717, 1.165) is 39.3 Å². The molecule has 4 aromatic carbocycles. The molecule has 1 aliphatic heterocycles. The number of benzene rings is 5. The lowest BCUT2D eigenvalue weighted by Crippen LogP contribution is -2.18. The number of para-hydroxylation sites is 2. The number of alkyl halides is 1. The van der Waals surface area contributed by atoms with Crippen molar-refractivity contribution in [2.45, 2.75) is 32.6 Å². The number of rotatable bonds is 8. The first-order valence-corrected chi connectivity index (χ1v) is 18.4. The van der Waals surface area contributed by atoms with Gasteiger partial charge in [-0.05, 0) is 80.3 Å². The molecule has 0 radical (unpaired) electrons. The Hall–Kier alpha value is -4.80. The van der Waals surface area contributed by atoms with Crippen molar-refractivity contribution >= 4 is 47.7 Å². The van der Waals surface area contributed by atoms with Crippen LogP contribution in [0.1, 0.15) is 22.3 Å². The summed E-state index contributed by atoms with van der Waals surface area (Å²) in [5.41, 5.74) is 8.64. The third-order valence-electron chi connectivity index (χ3n) is 8.13. The second-order valence-electron chi connectivity index (χ2n) is 11.7. The van der Waals surface area contributed by atoms with Crippen LogP contribution in [0.25, 0.3) is 33.4 Å². The van der Waals surface area contributed by atoms with Crippen LogP contribution in [0.15, 0.2) is 111 Å². The Morgan fingerprint density at radius 2 is 1.38 bits per heavy atom. The molecular formula is C37H33FN2O5S2. The SMILES string of the molecule is Cc1cccc(C)c1N=c1ccc2c(-c3ccccc3S(=O)(=O)CS(=O)(=O)CF)c3ccc(Nc4c(C)cccc4C)cc3oc-2c1. The summed E-state index contributed by atoms with van der Waals surface area (Å²) in [5, 5.41) is 3.40. The molecule has 0 saturated carbocycles. The van der Waals surface area contributed by atoms with E-state index in [4.69, 9.17) is 9.41 Å². The predicted molar refractivity (Wildman–Crippen MR) is 186 cm³/mol. The second kappa shape index (κ2) is 12.4. The second-order valence-corrected chi connectivity index (χ2v) is 16.0. The van der Waals surface area contributed by atoms with Gasteiger partial charge in [-0.2, -0.15) is 0 Å². The van der Waals surface area contributed by atoms with E-state index in [9.17, 15) is 21.2 Å². The van der Waals surface area contributed by atoms with E-state index in [1.54, 1.807) is 18.2 Å². The summed E-state index contributed by atoms with van der Waals surface area (Å²) in [5.74, 6) is 0.452. The van der Waals surface area contributed by atoms with E-state index in [1.165, 1.54) is 12.1 Å². The zero-order valence-corrected chi connectivity index (χ0v) is 28.0. The third-order valence-corrected chi connectivity index (χ3v) is 12.2. The van der Waals surface area contributed by atoms with Crippen molar-refractivity contribution in [3.8, 4) is 22.5 Å². The highest BCUT2D eigenvalue weighted by atomic mass is 32.3. The van der Waals surface area contributed by atoms with Crippen LogP contribution in [0, 0.1) is 27.7 Å². The van der Waals surface area contributed by atoms with Gasteiger partial charge in [0.1, 0.15) is 11.3 Å². The molecule has 0 aromatic heterocycles. The number of halogens is 1. The average Bonchev–Trinajstić information content (AvgIpc) is 3.03. The van der Waals surface area contributed by atoms with Crippen LogP contribution in [0.4, 0.5) is 21.5 Å². The maximum absolute atomic E-state index is 13.5. The van der Waals surface area contributed by atoms with Gasteiger partial charge in [0.25, 0.3) is 0 Å². The quantitative estimate of drug-likeness (QED) is 0.163. The first-order valence-electron chi connectivity index (χ1n) is 14.9. The summed E-state index contributed by atoms with van der Waals surface area (Å²) in [7, 11) is -8.94. The molecule has 0 unspecified atom stereocenters. The van der Waals surface area contributed by atoms with Crippen molar-refractivity contribution in [3.63, 3.8) is 0 Å². The number of nitrogens with one attached hydrogen (secondary N) is 1. The van der Waals surface area contributed by atoms with E-state index in [-0.39, 0.29) is 10.5 Å². The molecule has 1 aliphatic carbocycles. The van der Waals surface area contributed by atoms with E-state index >= 15 is 0 Å². The van der Waals surface area contributed by atoms with Crippen LogP contribution < -0.4 is 10.7 Å². The number of anilines is 2. The molecule has 240 valence electrons. The molecule has 6 rings (SSSR count). The molecule has 7 nitrogen and oxygen atoms in total. The van der Waals surface area contributed by atoms with Crippen molar-refractivity contribution in [2.75, 3.05) is 16.4 Å². The molecule has 2 aliphatic rings. The van der Waals surface area contributed by atoms with Gasteiger partial charge in [0.05, 0.1) is 15.9 Å². The Morgan fingerprint density at radius 1 is 0.723 bits per heavy atom. The van der Waals surface area contributed by atoms with E-state index in [0.29, 0.717) is 33.2 Å². The lowest BCUT2D eigenvalue weighted by molar-refractivity contribution is 0.536. The maximum atomic E-state index is 13.5. The molecule has 0 spiro atoms. The third kappa shape index (κ3) is 6.43. The molecule has 0 bridgehead atoms. The summed E-state index contributed by atoms with van der Waals surface area (Å²) >= 11 is 0. The highest BCUT2D eigenvalue weighted by Crippen LogP contribution is 2.43. The van der Waals surface area contributed by atoms with Crippen molar-refractivity contribution in [2.24, 2.45) is 4.99 Å². The summed E-state index contributed by atoms with van der Waals surface area (Å²) in [6.07, 6.45) is 0. The lowest BCUT2D eigenvalue weighted by Gasteiger charge is -2.19. The Balaban J connectivity index is 1.63. The van der Waals surface area contributed by atoms with Crippen LogP contribution in [0.5, 0.6) is 0 Å². The molecular weight excluding hydrogens is 636 g/mol. The van der Waals surface area contributed by atoms with Crippen LogP contribution >= 0.6 is 0 Å². The topological polar surface area (TPSA) is 106 Å². The standard InChI is InChI=1S/C37H33FN2O5S2/c1-23-9-7-10-24(2)36(23)39-27-15-17-29-32(19-27)45-33-20-28(40-37-25(3)11-8-12-26(37)4)16-18-30(33)35(29)31-13-5-6-14-34(31)47(43,44)22-46(41,42)21-38/h5-20,39H,21-22H2,1-4H3. The minimum absolute atomic E-state index is 0.215. The molecule has 4 aromatic rings. The van der Waals surface area contributed by atoms with Crippen LogP contribution in [-0.4, -0.2) is 27.9 Å². The van der Waals surface area contributed by atoms with Gasteiger partial charge in [0.15, 0.2) is 30.8 Å². The fraction of sp³-hybridized carbons (Fsp3) is 0.162. The fourth-order valence-corrected chi connectivity index (χ4v) is 9.30. The number of fused-ring (bicyclic) bond motifs is 2. The van der Waals surface area contributed by atoms with Crippen molar-refractivity contribution in [1.82, 2.24) is 0 Å². The Bertz CT molecular complexity index is 2390. The molecule has 0 fully saturated rings. The molecule has 1 heterocycles. The highest BCUT2D eigenvalue weighted by molar-refractivity contribution is 8.08. The average molecular weight is 669 g/mol. The number of aryl methyl sites for hydroxylation is 4.